The van der Waals surface area contributed by atoms with Crippen molar-refractivity contribution in [2.45, 2.75) is 32.9 Å². The molecule has 18 heavy (non-hydrogen) atoms. The summed E-state index contributed by atoms with van der Waals surface area (Å²) in [4.78, 5) is 11.1. The Balaban J connectivity index is 2.08. The van der Waals surface area contributed by atoms with Crippen LogP contribution < -0.4 is 5.32 Å². The fourth-order valence-corrected chi connectivity index (χ4v) is 1.44. The maximum Gasteiger partial charge on any atom is 0.305 e. The summed E-state index contributed by atoms with van der Waals surface area (Å²) in [6.45, 7) is 4.07. The molecule has 7 nitrogen and oxygen atoms in total. The summed E-state index contributed by atoms with van der Waals surface area (Å²) >= 11 is 0. The topological polar surface area (TPSA) is 89.3 Å². The molecule has 0 aliphatic heterocycles. The van der Waals surface area contributed by atoms with Crippen LogP contribution >= 0.6 is 0 Å². The minimum Gasteiger partial charge on any atom is -0.466 e. The van der Waals surface area contributed by atoms with Gasteiger partial charge < -0.3 is 15.2 Å². The van der Waals surface area contributed by atoms with Gasteiger partial charge in [0, 0.05) is 19.2 Å². The summed E-state index contributed by atoms with van der Waals surface area (Å²) in [5.74, 6) is -0.159. The first-order valence-electron chi connectivity index (χ1n) is 6.12. The molecule has 2 N–H and O–H groups in total. The number of aliphatic hydroxyl groups is 1. The van der Waals surface area contributed by atoms with Crippen LogP contribution in [0, 0.1) is 0 Å². The predicted molar refractivity (Wildman–Crippen MR) is 64.7 cm³/mol. The molecule has 1 heterocycles. The molecule has 7 heteroatoms. The molecule has 0 radical (unpaired) electrons. The summed E-state index contributed by atoms with van der Waals surface area (Å²) in [6, 6.07) is 0. The summed E-state index contributed by atoms with van der Waals surface area (Å²) in [7, 11) is 0. The molecule has 0 amide bonds. The van der Waals surface area contributed by atoms with Gasteiger partial charge in [-0.15, -0.1) is 5.10 Å². The number of aromatic nitrogens is 3. The van der Waals surface area contributed by atoms with Crippen LogP contribution in [0.4, 0.5) is 0 Å². The second-order valence-corrected chi connectivity index (χ2v) is 3.78. The van der Waals surface area contributed by atoms with Crippen LogP contribution in [0.2, 0.25) is 0 Å². The predicted octanol–water partition coefficient (Wildman–Crippen LogP) is -0.297. The van der Waals surface area contributed by atoms with Gasteiger partial charge in [-0.05, 0) is 19.9 Å². The standard InChI is InChI=1S/C11H20N4O3/c1-2-18-11(17)4-3-5-12-8-10-9-15(6-7-16)14-13-10/h9,12,16H,2-8H2,1H3. The Morgan fingerprint density at radius 1 is 1.61 bits per heavy atom. The SMILES string of the molecule is CCOC(=O)CCCNCc1cn(CCO)nn1. The van der Waals surface area contributed by atoms with Crippen LogP contribution in [-0.4, -0.2) is 45.8 Å². The molecule has 1 aromatic heterocycles. The van der Waals surface area contributed by atoms with Crippen molar-refractivity contribution < 1.29 is 14.6 Å². The number of rotatable bonds is 9. The Bertz CT molecular complexity index is 354. The van der Waals surface area contributed by atoms with E-state index in [-0.39, 0.29) is 12.6 Å². The van der Waals surface area contributed by atoms with Crippen molar-refractivity contribution in [2.24, 2.45) is 0 Å². The lowest BCUT2D eigenvalue weighted by Gasteiger charge is -2.02. The molecule has 0 spiro atoms. The van der Waals surface area contributed by atoms with Crippen molar-refractivity contribution in [3.8, 4) is 0 Å². The molecule has 1 aromatic rings. The smallest absolute Gasteiger partial charge is 0.305 e. The molecule has 0 saturated carbocycles. The number of hydrogen-bond donors (Lipinski definition) is 2. The van der Waals surface area contributed by atoms with Gasteiger partial charge in [-0.1, -0.05) is 5.21 Å². The number of carbonyl (C=O) groups excluding carboxylic acids is 1. The summed E-state index contributed by atoms with van der Waals surface area (Å²) in [5, 5.41) is 19.7. The molecule has 1 rings (SSSR count). The van der Waals surface area contributed by atoms with Crippen molar-refractivity contribution in [2.75, 3.05) is 19.8 Å². The quantitative estimate of drug-likeness (QED) is 0.466. The lowest BCUT2D eigenvalue weighted by molar-refractivity contribution is -0.143. The van der Waals surface area contributed by atoms with Gasteiger partial charge in [0.1, 0.15) is 0 Å². The van der Waals surface area contributed by atoms with Crippen molar-refractivity contribution in [1.82, 2.24) is 20.3 Å². The summed E-state index contributed by atoms with van der Waals surface area (Å²) in [5.41, 5.74) is 0.819. The normalized spacial score (nSPS) is 10.6. The highest BCUT2D eigenvalue weighted by molar-refractivity contribution is 5.69. The Morgan fingerprint density at radius 2 is 2.44 bits per heavy atom. The fraction of sp³-hybridized carbons (Fsp3) is 0.727. The third-order valence-electron chi connectivity index (χ3n) is 2.26. The van der Waals surface area contributed by atoms with Crippen molar-refractivity contribution in [1.29, 1.82) is 0 Å². The molecule has 0 aromatic carbocycles. The lowest BCUT2D eigenvalue weighted by Crippen LogP contribution is -2.16. The van der Waals surface area contributed by atoms with Crippen molar-refractivity contribution in [3.63, 3.8) is 0 Å². The van der Waals surface area contributed by atoms with Gasteiger partial charge in [0.15, 0.2) is 0 Å². The van der Waals surface area contributed by atoms with Gasteiger partial charge in [-0.25, -0.2) is 4.68 Å². The molecular weight excluding hydrogens is 236 g/mol. The Hall–Kier alpha value is -1.47. The van der Waals surface area contributed by atoms with E-state index in [0.717, 1.165) is 18.7 Å². The van der Waals surface area contributed by atoms with E-state index in [0.29, 0.717) is 26.1 Å². The van der Waals surface area contributed by atoms with Crippen molar-refractivity contribution in [3.05, 3.63) is 11.9 Å². The average Bonchev–Trinajstić information content (AvgIpc) is 2.77. The Kier molecular flexibility index (Phi) is 6.97. The number of carbonyl (C=O) groups is 1. The summed E-state index contributed by atoms with van der Waals surface area (Å²) < 4.78 is 6.41. The van der Waals surface area contributed by atoms with Gasteiger partial charge >= 0.3 is 5.97 Å². The van der Waals surface area contributed by atoms with E-state index in [2.05, 4.69) is 15.6 Å². The zero-order valence-electron chi connectivity index (χ0n) is 10.6. The number of aliphatic hydroxyl groups excluding tert-OH is 1. The van der Waals surface area contributed by atoms with E-state index >= 15 is 0 Å². The van der Waals surface area contributed by atoms with E-state index < -0.39 is 0 Å². The molecule has 0 aliphatic carbocycles. The van der Waals surface area contributed by atoms with E-state index in [1.54, 1.807) is 17.8 Å². The van der Waals surface area contributed by atoms with Crippen molar-refractivity contribution >= 4 is 5.97 Å². The first kappa shape index (κ1) is 14.6. The number of hydrogen-bond acceptors (Lipinski definition) is 6. The van der Waals surface area contributed by atoms with Gasteiger partial charge in [0.25, 0.3) is 0 Å². The van der Waals surface area contributed by atoms with E-state index in [1.165, 1.54) is 0 Å². The van der Waals surface area contributed by atoms with Gasteiger partial charge in [-0.3, -0.25) is 4.79 Å². The molecule has 0 saturated heterocycles. The molecule has 0 atom stereocenters. The first-order chi connectivity index (χ1) is 8.76. The van der Waals surface area contributed by atoms with Crippen LogP contribution in [0.15, 0.2) is 6.20 Å². The maximum absolute atomic E-state index is 11.1. The first-order valence-corrected chi connectivity index (χ1v) is 6.12. The number of nitrogens with zero attached hydrogens (tertiary/aromatic N) is 3. The minimum atomic E-state index is -0.159. The van der Waals surface area contributed by atoms with Crippen LogP contribution in [0.3, 0.4) is 0 Å². The lowest BCUT2D eigenvalue weighted by atomic mass is 10.3. The van der Waals surface area contributed by atoms with Crippen LogP contribution in [0.5, 0.6) is 0 Å². The zero-order chi connectivity index (χ0) is 13.2. The maximum atomic E-state index is 11.1. The third kappa shape index (κ3) is 5.74. The van der Waals surface area contributed by atoms with Crippen LogP contribution in [0.25, 0.3) is 0 Å². The minimum absolute atomic E-state index is 0.0514. The Morgan fingerprint density at radius 3 is 3.17 bits per heavy atom. The number of nitrogens with one attached hydrogen (secondary N) is 1. The van der Waals surface area contributed by atoms with E-state index in [1.807, 2.05) is 0 Å². The molecule has 0 fully saturated rings. The average molecular weight is 256 g/mol. The number of ether oxygens (including phenoxy) is 1. The van der Waals surface area contributed by atoms with Gasteiger partial charge in [0.05, 0.1) is 25.5 Å². The second-order valence-electron chi connectivity index (χ2n) is 3.78. The van der Waals surface area contributed by atoms with Crippen LogP contribution in [-0.2, 0) is 22.6 Å². The van der Waals surface area contributed by atoms with E-state index in [4.69, 9.17) is 9.84 Å². The fourth-order valence-electron chi connectivity index (χ4n) is 1.44. The third-order valence-corrected chi connectivity index (χ3v) is 2.26. The van der Waals surface area contributed by atoms with E-state index in [9.17, 15) is 4.79 Å². The molecule has 0 bridgehead atoms. The monoisotopic (exact) mass is 256 g/mol. The van der Waals surface area contributed by atoms with Gasteiger partial charge in [0.2, 0.25) is 0 Å². The highest BCUT2D eigenvalue weighted by atomic mass is 16.5. The second kappa shape index (κ2) is 8.60. The highest BCUT2D eigenvalue weighted by Gasteiger charge is 2.02. The highest BCUT2D eigenvalue weighted by Crippen LogP contribution is 1.94. The molecule has 0 aliphatic rings. The molecular formula is C11H20N4O3. The Labute approximate surface area is 106 Å². The molecule has 102 valence electrons. The number of esters is 1. The zero-order valence-corrected chi connectivity index (χ0v) is 10.6. The van der Waals surface area contributed by atoms with Crippen LogP contribution in [0.1, 0.15) is 25.5 Å². The largest absolute Gasteiger partial charge is 0.466 e. The van der Waals surface area contributed by atoms with Gasteiger partial charge in [-0.2, -0.15) is 0 Å². The molecule has 0 unspecified atom stereocenters. The summed E-state index contributed by atoms with van der Waals surface area (Å²) in [6.07, 6.45) is 2.95.